The molecule has 3 heteroatoms. The van der Waals surface area contributed by atoms with Crippen LogP contribution in [0.4, 0.5) is 0 Å². The Balaban J connectivity index is 2.34. The topological polar surface area (TPSA) is 43.4 Å². The van der Waals surface area contributed by atoms with Crippen LogP contribution in [0.1, 0.15) is 58.8 Å². The zero-order valence-corrected chi connectivity index (χ0v) is 10.3. The Morgan fingerprint density at radius 2 is 2.12 bits per heavy atom. The summed E-state index contributed by atoms with van der Waals surface area (Å²) in [6.45, 7) is 3.58. The van der Waals surface area contributed by atoms with Crippen LogP contribution in [0.25, 0.3) is 0 Å². The monoisotopic (exact) mass is 226 g/mol. The molecular weight excluding hydrogens is 204 g/mol. The molecule has 0 aliphatic heterocycles. The lowest BCUT2D eigenvalue weighted by Crippen LogP contribution is -2.24. The van der Waals surface area contributed by atoms with E-state index in [2.05, 4.69) is 6.92 Å². The summed E-state index contributed by atoms with van der Waals surface area (Å²) in [4.78, 5) is 22.5. The van der Waals surface area contributed by atoms with Crippen molar-refractivity contribution in [3.63, 3.8) is 0 Å². The zero-order chi connectivity index (χ0) is 12.0. The van der Waals surface area contributed by atoms with E-state index in [9.17, 15) is 9.59 Å². The van der Waals surface area contributed by atoms with Crippen LogP contribution in [-0.4, -0.2) is 17.9 Å². The lowest BCUT2D eigenvalue weighted by Gasteiger charge is -2.17. The molecule has 1 rings (SSSR count). The van der Waals surface area contributed by atoms with Gasteiger partial charge in [0.2, 0.25) is 0 Å². The number of carbonyl (C=O) groups excluding carboxylic acids is 2. The fourth-order valence-corrected chi connectivity index (χ4v) is 2.37. The number of Topliss-reactive ketones (excluding diaryl/α,β-unsaturated/α-hetero) is 1. The molecule has 0 amide bonds. The van der Waals surface area contributed by atoms with Gasteiger partial charge in [0.15, 0.2) is 0 Å². The van der Waals surface area contributed by atoms with Gasteiger partial charge in [0, 0.05) is 13.3 Å². The first kappa shape index (κ1) is 13.2. The van der Waals surface area contributed by atoms with E-state index in [4.69, 9.17) is 4.74 Å². The molecular formula is C13H22O3. The van der Waals surface area contributed by atoms with Crippen molar-refractivity contribution in [1.82, 2.24) is 0 Å². The van der Waals surface area contributed by atoms with E-state index in [1.165, 1.54) is 26.2 Å². The first-order valence-electron chi connectivity index (χ1n) is 6.35. The van der Waals surface area contributed by atoms with Crippen LogP contribution in [0.2, 0.25) is 0 Å². The summed E-state index contributed by atoms with van der Waals surface area (Å²) in [7, 11) is 0. The van der Waals surface area contributed by atoms with Crippen molar-refractivity contribution in [2.75, 3.05) is 0 Å². The minimum absolute atomic E-state index is 0.0271. The molecule has 0 aromatic heterocycles. The van der Waals surface area contributed by atoms with Crippen molar-refractivity contribution in [3.05, 3.63) is 0 Å². The van der Waals surface area contributed by atoms with E-state index in [1.807, 2.05) is 0 Å². The largest absolute Gasteiger partial charge is 0.462 e. The van der Waals surface area contributed by atoms with Crippen molar-refractivity contribution in [2.24, 2.45) is 5.92 Å². The zero-order valence-electron chi connectivity index (χ0n) is 10.3. The molecule has 0 aromatic carbocycles. The molecule has 1 aliphatic carbocycles. The summed E-state index contributed by atoms with van der Waals surface area (Å²) in [5.74, 6) is -0.0123. The average Bonchev–Trinajstić information content (AvgIpc) is 2.55. The quantitative estimate of drug-likeness (QED) is 0.516. The first-order chi connectivity index (χ1) is 7.65. The molecule has 1 saturated carbocycles. The van der Waals surface area contributed by atoms with E-state index in [1.54, 1.807) is 0 Å². The standard InChI is InChI=1S/C13H22O3/c1-3-4-5-6-7-11-12(15)8-9-13(11)16-10(2)14/h11,13H,3-9H2,1-2H3. The summed E-state index contributed by atoms with van der Waals surface area (Å²) < 4.78 is 5.19. The van der Waals surface area contributed by atoms with Crippen molar-refractivity contribution >= 4 is 11.8 Å². The predicted molar refractivity (Wildman–Crippen MR) is 62.0 cm³/mol. The van der Waals surface area contributed by atoms with E-state index >= 15 is 0 Å². The maximum absolute atomic E-state index is 11.6. The maximum atomic E-state index is 11.6. The Morgan fingerprint density at radius 1 is 1.38 bits per heavy atom. The van der Waals surface area contributed by atoms with Gasteiger partial charge in [0.05, 0.1) is 5.92 Å². The molecule has 92 valence electrons. The normalized spacial score (nSPS) is 24.8. The molecule has 1 fully saturated rings. The highest BCUT2D eigenvalue weighted by atomic mass is 16.5. The average molecular weight is 226 g/mol. The number of esters is 1. The number of hydrogen-bond donors (Lipinski definition) is 0. The smallest absolute Gasteiger partial charge is 0.302 e. The highest BCUT2D eigenvalue weighted by Gasteiger charge is 2.36. The Morgan fingerprint density at radius 3 is 2.75 bits per heavy atom. The Hall–Kier alpha value is -0.860. The Kier molecular flexibility index (Phi) is 5.50. The molecule has 0 spiro atoms. The SMILES string of the molecule is CCCCCCC1C(=O)CCC1OC(C)=O. The fraction of sp³-hybridized carbons (Fsp3) is 0.846. The van der Waals surface area contributed by atoms with Crippen molar-refractivity contribution in [1.29, 1.82) is 0 Å². The number of hydrogen-bond acceptors (Lipinski definition) is 3. The van der Waals surface area contributed by atoms with Crippen molar-refractivity contribution in [3.8, 4) is 0 Å². The number of carbonyl (C=O) groups is 2. The molecule has 0 aromatic rings. The molecule has 0 bridgehead atoms. The second-order valence-corrected chi connectivity index (χ2v) is 4.61. The van der Waals surface area contributed by atoms with Gasteiger partial charge >= 0.3 is 5.97 Å². The lowest BCUT2D eigenvalue weighted by molar-refractivity contribution is -0.148. The van der Waals surface area contributed by atoms with E-state index in [0.717, 1.165) is 19.3 Å². The van der Waals surface area contributed by atoms with Crippen LogP contribution in [0.5, 0.6) is 0 Å². The molecule has 2 unspecified atom stereocenters. The van der Waals surface area contributed by atoms with Gasteiger partial charge in [-0.3, -0.25) is 9.59 Å². The van der Waals surface area contributed by atoms with Crippen LogP contribution in [0, 0.1) is 5.92 Å². The Labute approximate surface area is 97.5 Å². The summed E-state index contributed by atoms with van der Waals surface area (Å²) in [6.07, 6.45) is 6.70. The predicted octanol–water partition coefficient (Wildman–Crippen LogP) is 2.87. The lowest BCUT2D eigenvalue weighted by atomic mass is 9.96. The van der Waals surface area contributed by atoms with Gasteiger partial charge in [-0.05, 0) is 12.8 Å². The van der Waals surface area contributed by atoms with Gasteiger partial charge in [0.25, 0.3) is 0 Å². The van der Waals surface area contributed by atoms with Gasteiger partial charge in [-0.25, -0.2) is 0 Å². The van der Waals surface area contributed by atoms with Crippen LogP contribution in [0.3, 0.4) is 0 Å². The van der Waals surface area contributed by atoms with E-state index in [-0.39, 0.29) is 23.8 Å². The third-order valence-corrected chi connectivity index (χ3v) is 3.22. The summed E-state index contributed by atoms with van der Waals surface area (Å²) in [6, 6.07) is 0. The molecule has 0 radical (unpaired) electrons. The molecule has 0 N–H and O–H groups in total. The highest BCUT2D eigenvalue weighted by Crippen LogP contribution is 2.29. The van der Waals surface area contributed by atoms with Gasteiger partial charge in [0.1, 0.15) is 11.9 Å². The minimum Gasteiger partial charge on any atom is -0.462 e. The number of ketones is 1. The highest BCUT2D eigenvalue weighted by molar-refractivity contribution is 5.84. The second kappa shape index (κ2) is 6.66. The molecule has 3 nitrogen and oxygen atoms in total. The molecule has 0 heterocycles. The fourth-order valence-electron chi connectivity index (χ4n) is 2.37. The number of ether oxygens (including phenoxy) is 1. The van der Waals surface area contributed by atoms with Crippen LogP contribution >= 0.6 is 0 Å². The molecule has 1 aliphatic rings. The van der Waals surface area contributed by atoms with Gasteiger partial charge in [-0.15, -0.1) is 0 Å². The summed E-state index contributed by atoms with van der Waals surface area (Å²) >= 11 is 0. The van der Waals surface area contributed by atoms with Crippen molar-refractivity contribution < 1.29 is 14.3 Å². The third kappa shape index (κ3) is 3.95. The first-order valence-corrected chi connectivity index (χ1v) is 6.35. The second-order valence-electron chi connectivity index (χ2n) is 4.61. The van der Waals surface area contributed by atoms with Crippen molar-refractivity contribution in [2.45, 2.75) is 64.9 Å². The van der Waals surface area contributed by atoms with Crippen LogP contribution in [-0.2, 0) is 14.3 Å². The van der Waals surface area contributed by atoms with Crippen LogP contribution in [0.15, 0.2) is 0 Å². The summed E-state index contributed by atoms with van der Waals surface area (Å²) in [5.41, 5.74) is 0. The van der Waals surface area contributed by atoms with Gasteiger partial charge in [-0.1, -0.05) is 32.6 Å². The van der Waals surface area contributed by atoms with E-state index in [0.29, 0.717) is 6.42 Å². The van der Waals surface area contributed by atoms with Gasteiger partial charge in [-0.2, -0.15) is 0 Å². The third-order valence-electron chi connectivity index (χ3n) is 3.22. The summed E-state index contributed by atoms with van der Waals surface area (Å²) in [5, 5.41) is 0. The maximum Gasteiger partial charge on any atom is 0.302 e. The van der Waals surface area contributed by atoms with E-state index < -0.39 is 0 Å². The minimum atomic E-state index is -0.266. The molecule has 2 atom stereocenters. The van der Waals surface area contributed by atoms with Gasteiger partial charge < -0.3 is 4.74 Å². The van der Waals surface area contributed by atoms with Crippen LogP contribution < -0.4 is 0 Å². The Bertz CT molecular complexity index is 248. The molecule has 16 heavy (non-hydrogen) atoms. The number of unbranched alkanes of at least 4 members (excludes halogenated alkanes) is 3. The number of rotatable bonds is 6. The molecule has 0 saturated heterocycles.